The Balaban J connectivity index is 1.25. The molecule has 2 unspecified atom stereocenters. The number of ketones is 1. The maximum Gasteiger partial charge on any atom is 0.370 e. The Hall–Kier alpha value is -4.64. The number of allylic oxidation sites excluding steroid dienone is 2. The molecule has 0 amide bonds. The van der Waals surface area contributed by atoms with E-state index in [0.29, 0.717) is 11.4 Å². The summed E-state index contributed by atoms with van der Waals surface area (Å²) in [5, 5.41) is 35.2. The minimum Gasteiger partial charge on any atom is -0.480 e. The van der Waals surface area contributed by atoms with Gasteiger partial charge in [-0.3, -0.25) is 9.59 Å². The van der Waals surface area contributed by atoms with Crippen LogP contribution < -0.4 is 4.90 Å². The van der Waals surface area contributed by atoms with Crippen molar-refractivity contribution in [3.8, 4) is 20.9 Å². The molecule has 0 radical (unpaired) electrons. The van der Waals surface area contributed by atoms with Crippen LogP contribution in [0.3, 0.4) is 0 Å². The van der Waals surface area contributed by atoms with Crippen LogP contribution in [0.15, 0.2) is 94.8 Å². The van der Waals surface area contributed by atoms with Crippen molar-refractivity contribution in [2.24, 2.45) is 5.92 Å². The summed E-state index contributed by atoms with van der Waals surface area (Å²) in [6, 6.07) is 20.0. The van der Waals surface area contributed by atoms with Crippen molar-refractivity contribution in [3.05, 3.63) is 106 Å². The first-order valence-corrected chi connectivity index (χ1v) is 17.4. The molecular formula is C38H35N2O6S2+. The maximum absolute atomic E-state index is 13.8. The summed E-state index contributed by atoms with van der Waals surface area (Å²) >= 11 is 3.25. The van der Waals surface area contributed by atoms with E-state index in [0.717, 1.165) is 43.4 Å². The highest BCUT2D eigenvalue weighted by Gasteiger charge is 2.51. The minimum absolute atomic E-state index is 0.208. The zero-order valence-corrected chi connectivity index (χ0v) is 28.6. The predicted octanol–water partition coefficient (Wildman–Crippen LogP) is 6.86. The number of aliphatic hydroxyl groups is 1. The highest BCUT2D eigenvalue weighted by Crippen LogP contribution is 2.51. The number of aliphatic hydroxyl groups excluding tert-OH is 1. The smallest absolute Gasteiger partial charge is 0.370 e. The molecule has 1 fully saturated rings. The molecule has 2 atom stereocenters. The normalized spacial score (nSPS) is 22.3. The van der Waals surface area contributed by atoms with Crippen LogP contribution >= 0.6 is 22.7 Å². The van der Waals surface area contributed by atoms with Gasteiger partial charge in [0.25, 0.3) is 0 Å². The van der Waals surface area contributed by atoms with Gasteiger partial charge in [-0.2, -0.15) is 4.58 Å². The Morgan fingerprint density at radius 1 is 0.875 bits per heavy atom. The Bertz CT molecular complexity index is 2090. The number of fused-ring (bicyclic) bond motifs is 2. The van der Waals surface area contributed by atoms with E-state index in [9.17, 15) is 29.7 Å². The second-order valence-electron chi connectivity index (χ2n) is 13.5. The molecule has 0 spiro atoms. The molecule has 2 aliphatic heterocycles. The third kappa shape index (κ3) is 5.06. The average Bonchev–Trinajstić information content (AvgIpc) is 3.83. The number of aliphatic carboxylic acids is 2. The first-order valence-electron chi connectivity index (χ1n) is 15.7. The average molecular weight is 680 g/mol. The number of carboxylic acid groups (broad SMARTS) is 2. The lowest BCUT2D eigenvalue weighted by Gasteiger charge is -2.35. The van der Waals surface area contributed by atoms with E-state index in [1.807, 2.05) is 87.0 Å². The van der Waals surface area contributed by atoms with Gasteiger partial charge in [0.05, 0.1) is 17.4 Å². The Morgan fingerprint density at radius 2 is 1.50 bits per heavy atom. The highest BCUT2D eigenvalue weighted by molar-refractivity contribution is 7.13. The van der Waals surface area contributed by atoms with Crippen LogP contribution in [0.2, 0.25) is 0 Å². The van der Waals surface area contributed by atoms with Gasteiger partial charge in [-0.25, -0.2) is 4.79 Å². The summed E-state index contributed by atoms with van der Waals surface area (Å²) in [5.41, 5.74) is 5.66. The fourth-order valence-electron chi connectivity index (χ4n) is 7.33. The van der Waals surface area contributed by atoms with Crippen molar-refractivity contribution >= 4 is 57.5 Å². The first kappa shape index (κ1) is 31.9. The molecule has 48 heavy (non-hydrogen) atoms. The second-order valence-corrected chi connectivity index (χ2v) is 15.4. The van der Waals surface area contributed by atoms with Gasteiger partial charge in [-0.15, -0.1) is 22.7 Å². The molecule has 4 aromatic rings. The molecule has 2 aromatic heterocycles. The van der Waals surface area contributed by atoms with Crippen molar-refractivity contribution in [2.45, 2.75) is 44.6 Å². The third-order valence-corrected chi connectivity index (χ3v) is 11.7. The third-order valence-electron chi connectivity index (χ3n) is 9.86. The Kier molecular flexibility index (Phi) is 7.65. The fourth-order valence-corrected chi connectivity index (χ4v) is 8.78. The van der Waals surface area contributed by atoms with Crippen molar-refractivity contribution in [1.29, 1.82) is 0 Å². The SMILES string of the molecule is CC1(C)C(=CC2C(=O)C(=CC3=[N+](CC(=O)O)c4ccc(-c5cccs5)cc4C3(C)C)C2O)N(CC(=O)O)c2ccc(-c3cccs3)cc21. The van der Waals surface area contributed by atoms with Gasteiger partial charge in [0.2, 0.25) is 12.2 Å². The van der Waals surface area contributed by atoms with Gasteiger partial charge in [0.1, 0.15) is 6.54 Å². The second kappa shape index (κ2) is 11.5. The zero-order valence-electron chi connectivity index (χ0n) is 26.9. The standard InChI is InChI=1S/C38H34N2O6S2/c1-37(2)25-15-21(29-7-5-13-47-29)9-11-27(25)39(19-33(41)42)31(37)17-23-35(45)24(36(23)46)18-32-38(3,4)26-16-22(30-8-6-14-48-30)10-12-28(26)40(32)20-34(43)44/h5-18,23,35,45H,19-20H2,1-4H3,(H-,41,42,43,44)/p+1. The number of hydrogen-bond donors (Lipinski definition) is 3. The van der Waals surface area contributed by atoms with E-state index >= 15 is 0 Å². The number of hydrogen-bond acceptors (Lipinski definition) is 7. The summed E-state index contributed by atoms with van der Waals surface area (Å²) in [6.45, 7) is 7.43. The molecule has 244 valence electrons. The van der Waals surface area contributed by atoms with Crippen LogP contribution in [0.1, 0.15) is 38.8 Å². The molecule has 1 saturated carbocycles. The van der Waals surface area contributed by atoms with E-state index in [2.05, 4.69) is 12.1 Å². The minimum atomic E-state index is -1.14. The largest absolute Gasteiger partial charge is 0.480 e. The zero-order chi connectivity index (χ0) is 34.1. The van der Waals surface area contributed by atoms with E-state index in [1.165, 1.54) is 0 Å². The topological polar surface area (TPSA) is 118 Å². The summed E-state index contributed by atoms with van der Waals surface area (Å²) in [7, 11) is 0. The van der Waals surface area contributed by atoms with Gasteiger partial charge >= 0.3 is 11.9 Å². The van der Waals surface area contributed by atoms with Gasteiger partial charge < -0.3 is 20.2 Å². The Labute approximate surface area is 286 Å². The number of thiophene rings is 2. The summed E-state index contributed by atoms with van der Waals surface area (Å²) in [5.74, 6) is -3.17. The molecule has 3 aliphatic rings. The number of anilines is 1. The fraction of sp³-hybridized carbons (Fsp3) is 0.263. The van der Waals surface area contributed by atoms with Crippen molar-refractivity contribution in [3.63, 3.8) is 0 Å². The molecule has 2 aromatic carbocycles. The molecular weight excluding hydrogens is 645 g/mol. The number of carboxylic acids is 2. The van der Waals surface area contributed by atoms with E-state index in [-0.39, 0.29) is 24.4 Å². The molecule has 0 bridgehead atoms. The lowest BCUT2D eigenvalue weighted by molar-refractivity contribution is -0.428. The van der Waals surface area contributed by atoms with Gasteiger partial charge in [-0.1, -0.05) is 38.1 Å². The van der Waals surface area contributed by atoms with E-state index in [4.69, 9.17) is 0 Å². The lowest BCUT2D eigenvalue weighted by Crippen LogP contribution is -2.46. The van der Waals surface area contributed by atoms with Crippen LogP contribution in [0.25, 0.3) is 20.9 Å². The van der Waals surface area contributed by atoms with Crippen molar-refractivity contribution in [1.82, 2.24) is 0 Å². The van der Waals surface area contributed by atoms with Crippen LogP contribution in [0.5, 0.6) is 0 Å². The number of Topliss-reactive ketones (excluding diaryl/α,β-unsaturated/α-hetero) is 1. The highest BCUT2D eigenvalue weighted by atomic mass is 32.1. The van der Waals surface area contributed by atoms with Crippen LogP contribution in [0, 0.1) is 5.92 Å². The molecule has 10 heteroatoms. The molecule has 0 saturated heterocycles. The summed E-state index contributed by atoms with van der Waals surface area (Å²) in [4.78, 5) is 41.8. The predicted molar refractivity (Wildman–Crippen MR) is 189 cm³/mol. The molecule has 7 rings (SSSR count). The van der Waals surface area contributed by atoms with Gasteiger partial charge in [-0.05, 0) is 77.7 Å². The molecule has 4 heterocycles. The quantitative estimate of drug-likeness (QED) is 0.138. The van der Waals surface area contributed by atoms with Crippen LogP contribution in [-0.4, -0.2) is 62.5 Å². The monoisotopic (exact) mass is 679 g/mol. The molecule has 3 N–H and O–H groups in total. The lowest BCUT2D eigenvalue weighted by atomic mass is 9.71. The number of carbonyl (C=O) groups excluding carboxylic acids is 1. The van der Waals surface area contributed by atoms with Crippen LogP contribution in [0.4, 0.5) is 11.4 Å². The Morgan fingerprint density at radius 3 is 2.06 bits per heavy atom. The van der Waals surface area contributed by atoms with E-state index < -0.39 is 34.8 Å². The van der Waals surface area contributed by atoms with E-state index in [1.54, 1.807) is 44.3 Å². The number of rotatable bonds is 8. The first-order chi connectivity index (χ1) is 22.8. The maximum atomic E-state index is 13.8. The summed E-state index contributed by atoms with van der Waals surface area (Å²) in [6.07, 6.45) is 2.24. The van der Waals surface area contributed by atoms with Gasteiger partial charge in [0.15, 0.2) is 11.5 Å². The van der Waals surface area contributed by atoms with Crippen molar-refractivity contribution < 1.29 is 34.3 Å². The number of nitrogens with zero attached hydrogens (tertiary/aromatic N) is 2. The number of benzene rings is 2. The molecule has 8 nitrogen and oxygen atoms in total. The van der Waals surface area contributed by atoms with Crippen molar-refractivity contribution in [2.75, 3.05) is 18.0 Å². The summed E-state index contributed by atoms with van der Waals surface area (Å²) < 4.78 is 1.71. The van der Waals surface area contributed by atoms with Crippen LogP contribution in [-0.2, 0) is 25.2 Å². The molecule has 1 aliphatic carbocycles. The van der Waals surface area contributed by atoms with Gasteiger partial charge in [0, 0.05) is 49.8 Å². The number of carbonyl (C=O) groups is 3.